The Bertz CT molecular complexity index is 1440. The molecule has 2 aromatic carbocycles. The molecular formula is C27H30F6N2O5S2. The molecule has 0 spiro atoms. The number of carbonyl (C=O) groups is 1. The van der Waals surface area contributed by atoms with Gasteiger partial charge in [0, 0.05) is 55.9 Å². The van der Waals surface area contributed by atoms with E-state index in [1.165, 1.54) is 36.2 Å². The lowest BCUT2D eigenvalue weighted by Crippen LogP contribution is -2.41. The van der Waals surface area contributed by atoms with Gasteiger partial charge < -0.3 is 14.7 Å². The fraction of sp³-hybridized carbons (Fsp3) is 0.519. The lowest BCUT2D eigenvalue weighted by atomic mass is 9.94. The lowest BCUT2D eigenvalue weighted by molar-refractivity contribution is -0.151. The molecule has 0 bridgehead atoms. The van der Waals surface area contributed by atoms with Crippen LogP contribution in [0.3, 0.4) is 0 Å². The second-order valence-electron chi connectivity index (χ2n) is 10.9. The average molecular weight is 641 g/mol. The van der Waals surface area contributed by atoms with Crippen LogP contribution in [0, 0.1) is 5.82 Å². The summed E-state index contributed by atoms with van der Waals surface area (Å²) in [5.74, 6) is -8.71. The number of nitrogens with zero attached hydrogens (tertiary/aromatic N) is 2. The summed E-state index contributed by atoms with van der Waals surface area (Å²) < 4.78 is 118. The summed E-state index contributed by atoms with van der Waals surface area (Å²) in [6.07, 6.45) is -1.85. The minimum Gasteiger partial charge on any atom is -0.488 e. The molecular weight excluding hydrogens is 610 g/mol. The van der Waals surface area contributed by atoms with E-state index < -0.39 is 81.4 Å². The molecule has 232 valence electrons. The van der Waals surface area contributed by atoms with Crippen LogP contribution >= 0.6 is 11.8 Å². The van der Waals surface area contributed by atoms with Crippen LogP contribution in [0.5, 0.6) is 5.75 Å². The van der Waals surface area contributed by atoms with Gasteiger partial charge in [0.1, 0.15) is 23.1 Å². The zero-order valence-corrected chi connectivity index (χ0v) is 24.6. The van der Waals surface area contributed by atoms with Crippen molar-refractivity contribution in [2.75, 3.05) is 25.1 Å². The van der Waals surface area contributed by atoms with Crippen molar-refractivity contribution in [3.63, 3.8) is 0 Å². The van der Waals surface area contributed by atoms with Gasteiger partial charge >= 0.3 is 5.97 Å². The van der Waals surface area contributed by atoms with Crippen molar-refractivity contribution < 1.29 is 49.4 Å². The Kier molecular flexibility index (Phi) is 8.80. The highest BCUT2D eigenvalue weighted by Gasteiger charge is 2.47. The molecule has 1 aliphatic heterocycles. The molecule has 2 atom stereocenters. The van der Waals surface area contributed by atoms with Crippen LogP contribution in [0.15, 0.2) is 46.2 Å². The van der Waals surface area contributed by atoms with E-state index in [0.29, 0.717) is 6.92 Å². The Morgan fingerprint density at radius 2 is 1.83 bits per heavy atom. The SMILES string of the molecule is CN1[C@H](CCC(C)(F)F)CN(c2cccc(F)c2)c2cc(SC3CC(F)(F)C3)c(OC[C@](C)(F)C(=O)O)cc2S1(=O)=O. The zero-order valence-electron chi connectivity index (χ0n) is 22.9. The third kappa shape index (κ3) is 7.10. The van der Waals surface area contributed by atoms with Gasteiger partial charge in [-0.25, -0.2) is 39.6 Å². The standard InChI is InChI=1S/C27H30F6N2O5S2/c1-25(29,24(36)37)15-40-21-11-23-20(10-22(21)41-19-12-27(32,33)13-19)35(17-6-4-5-16(28)9-17)14-18(7-8-26(2,30)31)34(3)42(23,38)39/h4-6,9-11,18-19H,7-8,12-15H2,1-3H3,(H,36,37)/t18-,25+/m1/s1. The van der Waals surface area contributed by atoms with Crippen LogP contribution in [0.1, 0.15) is 39.5 Å². The van der Waals surface area contributed by atoms with Crippen molar-refractivity contribution in [3.8, 4) is 5.75 Å². The van der Waals surface area contributed by atoms with Gasteiger partial charge in [-0.1, -0.05) is 6.07 Å². The van der Waals surface area contributed by atoms with E-state index in [2.05, 4.69) is 0 Å². The van der Waals surface area contributed by atoms with Crippen molar-refractivity contribution in [3.05, 3.63) is 42.2 Å². The molecule has 1 aliphatic carbocycles. The summed E-state index contributed by atoms with van der Waals surface area (Å²) in [6, 6.07) is 6.57. The highest BCUT2D eigenvalue weighted by Crippen LogP contribution is 2.51. The average Bonchev–Trinajstić information content (AvgIpc) is 2.92. The van der Waals surface area contributed by atoms with Gasteiger partial charge in [0.25, 0.3) is 0 Å². The lowest BCUT2D eigenvalue weighted by Gasteiger charge is -2.35. The molecule has 2 aromatic rings. The number of hydrogen-bond acceptors (Lipinski definition) is 6. The third-order valence-electron chi connectivity index (χ3n) is 7.21. The van der Waals surface area contributed by atoms with E-state index in [-0.39, 0.29) is 35.0 Å². The maximum atomic E-state index is 14.6. The van der Waals surface area contributed by atoms with E-state index in [1.54, 1.807) is 0 Å². The maximum Gasteiger partial charge on any atom is 0.344 e. The fourth-order valence-corrected chi connectivity index (χ4v) is 7.65. The number of hydrogen-bond donors (Lipinski definition) is 1. The first-order chi connectivity index (χ1) is 19.3. The van der Waals surface area contributed by atoms with Crippen LogP contribution in [-0.2, 0) is 14.8 Å². The molecule has 0 unspecified atom stereocenters. The van der Waals surface area contributed by atoms with Crippen LogP contribution in [0.4, 0.5) is 37.7 Å². The first-order valence-corrected chi connectivity index (χ1v) is 15.3. The van der Waals surface area contributed by atoms with Crippen LogP contribution in [-0.4, -0.2) is 72.8 Å². The van der Waals surface area contributed by atoms with Gasteiger partial charge in [-0.3, -0.25) is 0 Å². The number of likely N-dealkylation sites (N-methyl/N-ethyl adjacent to an activating group) is 1. The quantitative estimate of drug-likeness (QED) is 0.298. The highest BCUT2D eigenvalue weighted by atomic mass is 32.2. The largest absolute Gasteiger partial charge is 0.488 e. The molecule has 0 amide bonds. The highest BCUT2D eigenvalue weighted by molar-refractivity contribution is 8.00. The Balaban J connectivity index is 1.87. The summed E-state index contributed by atoms with van der Waals surface area (Å²) >= 11 is 0.930. The molecule has 4 rings (SSSR count). The summed E-state index contributed by atoms with van der Waals surface area (Å²) in [7, 11) is -3.22. The number of halogens is 6. The predicted molar refractivity (Wildman–Crippen MR) is 145 cm³/mol. The Hall–Kier alpha value is -2.65. The molecule has 1 fully saturated rings. The monoisotopic (exact) mass is 640 g/mol. The molecule has 15 heteroatoms. The van der Waals surface area contributed by atoms with Crippen molar-refractivity contribution >= 4 is 39.1 Å². The first-order valence-electron chi connectivity index (χ1n) is 13.0. The molecule has 0 saturated heterocycles. The zero-order chi connectivity index (χ0) is 31.3. The maximum absolute atomic E-state index is 14.6. The normalized spacial score (nSPS) is 22.0. The third-order valence-corrected chi connectivity index (χ3v) is 10.4. The molecule has 1 heterocycles. The van der Waals surface area contributed by atoms with E-state index in [0.717, 1.165) is 35.1 Å². The van der Waals surface area contributed by atoms with Crippen LogP contribution in [0.2, 0.25) is 0 Å². The number of anilines is 2. The van der Waals surface area contributed by atoms with E-state index in [1.807, 2.05) is 0 Å². The van der Waals surface area contributed by atoms with E-state index in [4.69, 9.17) is 9.84 Å². The number of sulfonamides is 1. The first kappa shape index (κ1) is 32.3. The van der Waals surface area contributed by atoms with Gasteiger partial charge in [0.15, 0.2) is 0 Å². The second kappa shape index (κ2) is 11.5. The molecule has 1 N–H and O–H groups in total. The number of aliphatic carboxylic acids is 1. The topological polar surface area (TPSA) is 87.2 Å². The number of fused-ring (bicyclic) bond motifs is 1. The molecule has 0 radical (unpaired) electrons. The molecule has 2 aliphatic rings. The smallest absolute Gasteiger partial charge is 0.344 e. The molecule has 0 aromatic heterocycles. The summed E-state index contributed by atoms with van der Waals surface area (Å²) in [5, 5.41) is 8.56. The summed E-state index contributed by atoms with van der Waals surface area (Å²) in [5.41, 5.74) is -2.66. The van der Waals surface area contributed by atoms with Gasteiger partial charge in [-0.2, -0.15) is 4.31 Å². The minimum absolute atomic E-state index is 0.000358. The van der Waals surface area contributed by atoms with Gasteiger partial charge in [0.2, 0.25) is 27.5 Å². The number of ether oxygens (including phenoxy) is 1. The summed E-state index contributed by atoms with van der Waals surface area (Å²) in [6.45, 7) is 0.287. The van der Waals surface area contributed by atoms with Crippen molar-refractivity contribution in [1.29, 1.82) is 0 Å². The van der Waals surface area contributed by atoms with Gasteiger partial charge in [0.05, 0.1) is 10.6 Å². The Labute approximate surface area is 243 Å². The molecule has 7 nitrogen and oxygen atoms in total. The second-order valence-corrected chi connectivity index (χ2v) is 14.2. The Morgan fingerprint density at radius 1 is 1.17 bits per heavy atom. The number of thioether (sulfide) groups is 1. The predicted octanol–water partition coefficient (Wildman–Crippen LogP) is 6.48. The fourth-order valence-electron chi connectivity index (χ4n) is 4.65. The van der Waals surface area contributed by atoms with Crippen molar-refractivity contribution in [2.45, 2.75) is 78.1 Å². The number of rotatable bonds is 10. The molecule has 1 saturated carbocycles. The van der Waals surface area contributed by atoms with Crippen LogP contribution < -0.4 is 9.64 Å². The van der Waals surface area contributed by atoms with Gasteiger partial charge in [-0.05, 0) is 44.5 Å². The number of benzene rings is 2. The Morgan fingerprint density at radius 3 is 2.40 bits per heavy atom. The minimum atomic E-state index is -4.44. The van der Waals surface area contributed by atoms with E-state index >= 15 is 0 Å². The van der Waals surface area contributed by atoms with Gasteiger partial charge in [-0.15, -0.1) is 11.8 Å². The number of carboxylic acids is 1. The van der Waals surface area contributed by atoms with Crippen molar-refractivity contribution in [2.24, 2.45) is 0 Å². The van der Waals surface area contributed by atoms with Crippen molar-refractivity contribution in [1.82, 2.24) is 4.31 Å². The van der Waals surface area contributed by atoms with E-state index in [9.17, 15) is 39.6 Å². The number of carboxylic acid groups (broad SMARTS) is 1. The van der Waals surface area contributed by atoms with Crippen LogP contribution in [0.25, 0.3) is 0 Å². The number of alkyl halides is 5. The summed E-state index contributed by atoms with van der Waals surface area (Å²) in [4.78, 5) is 12.5. The molecule has 42 heavy (non-hydrogen) atoms.